The summed E-state index contributed by atoms with van der Waals surface area (Å²) in [4.78, 5) is 10.3. The highest BCUT2D eigenvalue weighted by Crippen LogP contribution is 2.31. The van der Waals surface area contributed by atoms with Gasteiger partial charge in [0, 0.05) is 6.42 Å². The van der Waals surface area contributed by atoms with Crippen LogP contribution in [0.2, 0.25) is 0 Å². The van der Waals surface area contributed by atoms with E-state index in [2.05, 4.69) is 10.1 Å². The van der Waals surface area contributed by atoms with Crippen molar-refractivity contribution in [3.05, 3.63) is 24.3 Å². The zero-order valence-corrected chi connectivity index (χ0v) is 13.3. The minimum absolute atomic E-state index is 0.0588. The third kappa shape index (κ3) is 9.94. The van der Waals surface area contributed by atoms with Crippen molar-refractivity contribution in [3.63, 3.8) is 0 Å². The van der Waals surface area contributed by atoms with E-state index in [-0.39, 0.29) is 24.5 Å². The molecule has 0 saturated heterocycles. The van der Waals surface area contributed by atoms with E-state index in [0.717, 1.165) is 19.4 Å². The average molecular weight is 349 g/mol. The number of ether oxygens (including phenoxy) is 2. The summed E-state index contributed by atoms with van der Waals surface area (Å²) in [7, 11) is 0. The lowest BCUT2D eigenvalue weighted by Crippen LogP contribution is -2.19. The highest BCUT2D eigenvalue weighted by molar-refractivity contribution is 5.66. The molecule has 0 atom stereocenters. The van der Waals surface area contributed by atoms with Crippen molar-refractivity contribution >= 4 is 5.97 Å². The van der Waals surface area contributed by atoms with Crippen LogP contribution in [0.15, 0.2) is 24.3 Å². The van der Waals surface area contributed by atoms with Crippen molar-refractivity contribution in [2.24, 2.45) is 0 Å². The van der Waals surface area contributed by atoms with Crippen molar-refractivity contribution < 1.29 is 32.5 Å². The molecule has 0 bridgehead atoms. The molecule has 0 amide bonds. The van der Waals surface area contributed by atoms with Gasteiger partial charge in [-0.15, -0.1) is 13.2 Å². The number of unbranched alkanes of at least 4 members (excludes halogenated alkanes) is 2. The zero-order chi connectivity index (χ0) is 17.8. The predicted octanol–water partition coefficient (Wildman–Crippen LogP) is 3.59. The largest absolute Gasteiger partial charge is 0.573 e. The molecule has 0 radical (unpaired) electrons. The second-order valence-corrected chi connectivity index (χ2v) is 5.15. The Balaban J connectivity index is 2.12. The van der Waals surface area contributed by atoms with E-state index >= 15 is 0 Å². The fourth-order valence-electron chi connectivity index (χ4n) is 1.99. The maximum Gasteiger partial charge on any atom is 0.573 e. The molecule has 0 aliphatic carbocycles. The summed E-state index contributed by atoms with van der Waals surface area (Å²) in [5.41, 5.74) is 0. The molecule has 0 unspecified atom stereocenters. The molecule has 1 aromatic rings. The van der Waals surface area contributed by atoms with Gasteiger partial charge in [-0.2, -0.15) is 0 Å². The summed E-state index contributed by atoms with van der Waals surface area (Å²) in [5, 5.41) is 11.7. The summed E-state index contributed by atoms with van der Waals surface area (Å²) in [5.74, 6) is -1.07. The number of hydrogen-bond donors (Lipinski definition) is 2. The molecule has 0 aromatic heterocycles. The van der Waals surface area contributed by atoms with Crippen LogP contribution in [0.4, 0.5) is 13.2 Å². The molecule has 136 valence electrons. The smallest absolute Gasteiger partial charge is 0.490 e. The van der Waals surface area contributed by atoms with Gasteiger partial charge in [-0.25, -0.2) is 0 Å². The number of nitrogens with one attached hydrogen (secondary N) is 1. The van der Waals surface area contributed by atoms with Gasteiger partial charge in [0.1, 0.15) is 0 Å². The van der Waals surface area contributed by atoms with Gasteiger partial charge < -0.3 is 19.9 Å². The van der Waals surface area contributed by atoms with Crippen LogP contribution in [0.5, 0.6) is 11.5 Å². The average Bonchev–Trinajstić information content (AvgIpc) is 2.49. The van der Waals surface area contributed by atoms with Crippen LogP contribution in [0.3, 0.4) is 0 Å². The number of hydrogen-bond acceptors (Lipinski definition) is 4. The number of para-hydroxylation sites is 2. The van der Waals surface area contributed by atoms with E-state index in [1.165, 1.54) is 18.2 Å². The summed E-state index contributed by atoms with van der Waals surface area (Å²) in [6, 6.07) is 5.66. The van der Waals surface area contributed by atoms with Crippen LogP contribution < -0.4 is 14.8 Å². The van der Waals surface area contributed by atoms with Crippen LogP contribution in [0.25, 0.3) is 0 Å². The van der Waals surface area contributed by atoms with Gasteiger partial charge >= 0.3 is 12.3 Å². The first kappa shape index (κ1) is 20.1. The molecule has 5 nitrogen and oxygen atoms in total. The molecule has 1 aromatic carbocycles. The molecular formula is C16H22F3NO4. The molecule has 24 heavy (non-hydrogen) atoms. The van der Waals surface area contributed by atoms with E-state index in [1.54, 1.807) is 6.07 Å². The van der Waals surface area contributed by atoms with Crippen LogP contribution in [-0.4, -0.2) is 37.1 Å². The Morgan fingerprint density at radius 2 is 1.71 bits per heavy atom. The highest BCUT2D eigenvalue weighted by Gasteiger charge is 2.32. The molecule has 8 heteroatoms. The minimum atomic E-state index is -4.75. The van der Waals surface area contributed by atoms with Crippen LogP contribution in [0.1, 0.15) is 32.1 Å². The molecule has 0 spiro atoms. The van der Waals surface area contributed by atoms with Crippen molar-refractivity contribution in [1.29, 1.82) is 0 Å². The number of carboxylic acid groups (broad SMARTS) is 1. The van der Waals surface area contributed by atoms with Crippen molar-refractivity contribution in [1.82, 2.24) is 5.32 Å². The SMILES string of the molecule is O=C(O)CCCCCNCCCOc1ccccc1OC(F)(F)F. The Hall–Kier alpha value is -1.96. The summed E-state index contributed by atoms with van der Waals surface area (Å²) >= 11 is 0. The van der Waals surface area contributed by atoms with E-state index in [9.17, 15) is 18.0 Å². The molecule has 0 aliphatic rings. The van der Waals surface area contributed by atoms with E-state index in [4.69, 9.17) is 9.84 Å². The molecule has 0 aliphatic heterocycles. The zero-order valence-electron chi connectivity index (χ0n) is 13.3. The minimum Gasteiger partial charge on any atom is -0.490 e. The molecule has 0 fully saturated rings. The Morgan fingerprint density at radius 3 is 2.38 bits per heavy atom. The molecule has 2 N–H and O–H groups in total. The number of carbonyl (C=O) groups is 1. The van der Waals surface area contributed by atoms with Crippen LogP contribution in [-0.2, 0) is 4.79 Å². The maximum atomic E-state index is 12.3. The normalized spacial score (nSPS) is 11.3. The molecular weight excluding hydrogens is 327 g/mol. The standard InChI is InChI=1S/C16H22F3NO4/c17-16(18,19)24-14-8-4-3-7-13(14)23-12-6-11-20-10-5-1-2-9-15(21)22/h3-4,7-8,20H,1-2,5-6,9-12H2,(H,21,22). The second-order valence-electron chi connectivity index (χ2n) is 5.15. The lowest BCUT2D eigenvalue weighted by molar-refractivity contribution is -0.275. The van der Waals surface area contributed by atoms with Crippen LogP contribution in [0, 0.1) is 0 Å². The van der Waals surface area contributed by atoms with Gasteiger partial charge in [0.15, 0.2) is 11.5 Å². The lowest BCUT2D eigenvalue weighted by atomic mass is 10.2. The first-order valence-electron chi connectivity index (χ1n) is 7.78. The van der Waals surface area contributed by atoms with Gasteiger partial charge in [0.2, 0.25) is 0 Å². The fourth-order valence-corrected chi connectivity index (χ4v) is 1.99. The summed E-state index contributed by atoms with van der Waals surface area (Å²) in [6.45, 7) is 1.71. The Labute approximate surface area is 138 Å². The first-order valence-corrected chi connectivity index (χ1v) is 7.78. The topological polar surface area (TPSA) is 67.8 Å². The molecule has 0 heterocycles. The van der Waals surface area contributed by atoms with Crippen molar-refractivity contribution in [3.8, 4) is 11.5 Å². The number of benzene rings is 1. The van der Waals surface area contributed by atoms with Gasteiger partial charge in [-0.1, -0.05) is 18.6 Å². The molecule has 1 rings (SSSR count). The number of carboxylic acids is 1. The maximum absolute atomic E-state index is 12.3. The second kappa shape index (κ2) is 10.7. The van der Waals surface area contributed by atoms with Gasteiger partial charge in [-0.05, 0) is 44.5 Å². The number of rotatable bonds is 12. The fraction of sp³-hybridized carbons (Fsp3) is 0.562. The van der Waals surface area contributed by atoms with Crippen molar-refractivity contribution in [2.75, 3.05) is 19.7 Å². The predicted molar refractivity (Wildman–Crippen MR) is 82.2 cm³/mol. The first-order chi connectivity index (χ1) is 11.4. The van der Waals surface area contributed by atoms with Gasteiger partial charge in [0.25, 0.3) is 0 Å². The third-order valence-electron chi connectivity index (χ3n) is 3.07. The van der Waals surface area contributed by atoms with E-state index < -0.39 is 12.3 Å². The highest BCUT2D eigenvalue weighted by atomic mass is 19.4. The van der Waals surface area contributed by atoms with Crippen molar-refractivity contribution in [2.45, 2.75) is 38.5 Å². The van der Waals surface area contributed by atoms with E-state index in [0.29, 0.717) is 19.4 Å². The quantitative estimate of drug-likeness (QED) is 0.565. The summed E-state index contributed by atoms with van der Waals surface area (Å²) in [6.07, 6.45) is -1.53. The number of alkyl halides is 3. The monoisotopic (exact) mass is 349 g/mol. The Bertz CT molecular complexity index is 494. The Kier molecular flexibility index (Phi) is 8.99. The summed E-state index contributed by atoms with van der Waals surface area (Å²) < 4.78 is 46.0. The Morgan fingerprint density at radius 1 is 1.04 bits per heavy atom. The number of aliphatic carboxylic acids is 1. The van der Waals surface area contributed by atoms with Crippen LogP contribution >= 0.6 is 0 Å². The van der Waals surface area contributed by atoms with E-state index in [1.807, 2.05) is 0 Å². The number of halogens is 3. The molecule has 0 saturated carbocycles. The van der Waals surface area contributed by atoms with Gasteiger partial charge in [-0.3, -0.25) is 4.79 Å². The third-order valence-corrected chi connectivity index (χ3v) is 3.07. The van der Waals surface area contributed by atoms with Gasteiger partial charge in [0.05, 0.1) is 6.61 Å². The lowest BCUT2D eigenvalue weighted by Gasteiger charge is -2.14.